The van der Waals surface area contributed by atoms with Crippen LogP contribution in [0.15, 0.2) is 97.9 Å². The number of rotatable bonds is 6. The highest BCUT2D eigenvalue weighted by Gasteiger charge is 2.69. The minimum atomic E-state index is -0.0821. The van der Waals surface area contributed by atoms with E-state index in [0.717, 1.165) is 47.6 Å². The number of nitrogens with zero attached hydrogens (tertiary/aromatic N) is 6. The molecular formula is C31H34BN6+. The van der Waals surface area contributed by atoms with Gasteiger partial charge in [-0.15, -0.1) is 0 Å². The van der Waals surface area contributed by atoms with Crippen LogP contribution in [-0.2, 0) is 5.54 Å². The summed E-state index contributed by atoms with van der Waals surface area (Å²) in [5.41, 5.74) is 4.02. The average molecular weight is 501 g/mol. The van der Waals surface area contributed by atoms with E-state index in [2.05, 4.69) is 107 Å². The van der Waals surface area contributed by atoms with Crippen molar-refractivity contribution in [3.63, 3.8) is 0 Å². The fraction of sp³-hybridized carbons (Fsp3) is 0.290. The van der Waals surface area contributed by atoms with Gasteiger partial charge in [-0.25, -0.2) is 9.55 Å². The first-order valence-electron chi connectivity index (χ1n) is 13.7. The lowest BCUT2D eigenvalue weighted by Crippen LogP contribution is -2.75. The molecule has 0 radical (unpaired) electrons. The van der Waals surface area contributed by atoms with Crippen molar-refractivity contribution in [3.05, 3.63) is 97.9 Å². The second kappa shape index (κ2) is 9.39. The molecule has 1 unspecified atom stereocenters. The number of pyridine rings is 4. The highest BCUT2D eigenvalue weighted by molar-refractivity contribution is 6.72. The summed E-state index contributed by atoms with van der Waals surface area (Å²) in [4.78, 5) is 18.9. The molecule has 1 atom stereocenters. The van der Waals surface area contributed by atoms with Crippen LogP contribution in [0.4, 0.5) is 11.6 Å². The van der Waals surface area contributed by atoms with E-state index in [4.69, 9.17) is 4.98 Å². The van der Waals surface area contributed by atoms with Gasteiger partial charge in [-0.3, -0.25) is 14.8 Å². The predicted octanol–water partition coefficient (Wildman–Crippen LogP) is 6.48. The van der Waals surface area contributed by atoms with Gasteiger partial charge in [0.25, 0.3) is 5.82 Å². The molecule has 6 rings (SSSR count). The van der Waals surface area contributed by atoms with Crippen molar-refractivity contribution in [3.8, 4) is 22.5 Å². The number of anilines is 2. The Bertz CT molecular complexity index is 1450. The predicted molar refractivity (Wildman–Crippen MR) is 154 cm³/mol. The highest BCUT2D eigenvalue weighted by Crippen LogP contribution is 2.57. The van der Waals surface area contributed by atoms with E-state index in [1.54, 1.807) is 0 Å². The second-order valence-corrected chi connectivity index (χ2v) is 10.5. The Morgan fingerprint density at radius 1 is 0.737 bits per heavy atom. The molecular weight excluding hydrogens is 467 g/mol. The summed E-state index contributed by atoms with van der Waals surface area (Å²) in [6.45, 7) is 9.58. The molecule has 0 bridgehead atoms. The number of hydrogen-bond donors (Lipinski definition) is 0. The monoisotopic (exact) mass is 501 g/mol. The summed E-state index contributed by atoms with van der Waals surface area (Å²) in [6, 6.07) is 20.8. The molecule has 6 heterocycles. The molecule has 0 saturated carbocycles. The van der Waals surface area contributed by atoms with Gasteiger partial charge < -0.3 is 4.81 Å². The van der Waals surface area contributed by atoms with E-state index in [9.17, 15) is 0 Å². The Morgan fingerprint density at radius 2 is 1.39 bits per heavy atom. The highest BCUT2D eigenvalue weighted by atomic mass is 15.4. The lowest BCUT2D eigenvalue weighted by Gasteiger charge is -2.52. The van der Waals surface area contributed by atoms with E-state index in [1.165, 1.54) is 5.82 Å². The Labute approximate surface area is 225 Å². The van der Waals surface area contributed by atoms with Gasteiger partial charge in [-0.1, -0.05) is 39.8 Å². The Morgan fingerprint density at radius 3 is 1.97 bits per heavy atom. The lowest BCUT2D eigenvalue weighted by molar-refractivity contribution is -0.762. The molecule has 0 aromatic carbocycles. The van der Waals surface area contributed by atoms with Crippen LogP contribution >= 0.6 is 0 Å². The molecule has 190 valence electrons. The van der Waals surface area contributed by atoms with E-state index in [0.29, 0.717) is 0 Å². The quantitative estimate of drug-likeness (QED) is 0.224. The van der Waals surface area contributed by atoms with Crippen molar-refractivity contribution >= 4 is 18.6 Å². The zero-order chi connectivity index (χ0) is 26.3. The SMILES string of the molecule is CCC1(C)B2N(c3ccc(-c4ccccn4)cn3)C=CN2c2ccc(-c3ccccn3)c[n+]2C1(CC)CC. The van der Waals surface area contributed by atoms with Gasteiger partial charge in [0.1, 0.15) is 17.6 Å². The fourth-order valence-electron chi connectivity index (χ4n) is 6.84. The van der Waals surface area contributed by atoms with Crippen molar-refractivity contribution in [2.75, 3.05) is 9.62 Å². The molecule has 2 aliphatic rings. The third kappa shape index (κ3) is 3.48. The molecule has 2 aliphatic heterocycles. The summed E-state index contributed by atoms with van der Waals surface area (Å²) < 4.78 is 2.54. The third-order valence-electron chi connectivity index (χ3n) is 9.04. The molecule has 0 fully saturated rings. The van der Waals surface area contributed by atoms with Gasteiger partial charge >= 0.3 is 6.98 Å². The summed E-state index contributed by atoms with van der Waals surface area (Å²) >= 11 is 0. The number of fused-ring (bicyclic) bond motifs is 3. The van der Waals surface area contributed by atoms with Crippen molar-refractivity contribution in [2.45, 2.75) is 57.8 Å². The number of hydrogen-bond acceptors (Lipinski definition) is 5. The van der Waals surface area contributed by atoms with Crippen molar-refractivity contribution in [2.24, 2.45) is 0 Å². The van der Waals surface area contributed by atoms with Crippen LogP contribution in [0.1, 0.15) is 47.0 Å². The molecule has 0 spiro atoms. The molecule has 4 aromatic rings. The molecule has 38 heavy (non-hydrogen) atoms. The maximum absolute atomic E-state index is 4.93. The van der Waals surface area contributed by atoms with Crippen LogP contribution in [0, 0.1) is 0 Å². The topological polar surface area (TPSA) is 49.0 Å². The van der Waals surface area contributed by atoms with Crippen LogP contribution in [0.2, 0.25) is 5.31 Å². The van der Waals surface area contributed by atoms with E-state index in [1.807, 2.05) is 42.9 Å². The van der Waals surface area contributed by atoms with Gasteiger partial charge in [0.05, 0.1) is 22.9 Å². The molecule has 0 amide bonds. The van der Waals surface area contributed by atoms with Gasteiger partial charge in [-0.2, -0.15) is 0 Å². The first-order chi connectivity index (χ1) is 18.6. The second-order valence-electron chi connectivity index (χ2n) is 10.5. The minimum absolute atomic E-state index is 0.0677. The maximum atomic E-state index is 4.93. The third-order valence-corrected chi connectivity index (χ3v) is 9.04. The summed E-state index contributed by atoms with van der Waals surface area (Å²) in [7, 11) is 0. The van der Waals surface area contributed by atoms with Crippen LogP contribution in [0.25, 0.3) is 22.5 Å². The normalized spacial score (nSPS) is 19.4. The van der Waals surface area contributed by atoms with Crippen LogP contribution in [0.3, 0.4) is 0 Å². The smallest absolute Gasteiger partial charge is 0.331 e. The van der Waals surface area contributed by atoms with E-state index in [-0.39, 0.29) is 17.8 Å². The minimum Gasteiger partial charge on any atom is -0.331 e. The molecule has 0 N–H and O–H groups in total. The standard InChI is InChI=1S/C31H34BN6/c1-5-30(4)31(6-2,7-3)36-23-25(27-13-9-11-19-34-27)15-17-29(36)38-21-20-37(32(30)38)28-16-14-24(22-35-28)26-12-8-10-18-33-26/h8-23H,5-7H2,1-4H3/q+1. The largest absolute Gasteiger partial charge is 0.517 e. The average Bonchev–Trinajstić information content (AvgIpc) is 3.45. The molecule has 4 aromatic heterocycles. The van der Waals surface area contributed by atoms with E-state index >= 15 is 0 Å². The van der Waals surface area contributed by atoms with Gasteiger partial charge in [0, 0.05) is 42.0 Å². The van der Waals surface area contributed by atoms with Gasteiger partial charge in [-0.05, 0) is 61.7 Å². The van der Waals surface area contributed by atoms with Crippen LogP contribution < -0.4 is 14.2 Å². The lowest BCUT2D eigenvalue weighted by atomic mass is 9.38. The van der Waals surface area contributed by atoms with Crippen LogP contribution in [0.5, 0.6) is 0 Å². The van der Waals surface area contributed by atoms with Crippen molar-refractivity contribution in [1.29, 1.82) is 0 Å². The first-order valence-corrected chi connectivity index (χ1v) is 13.7. The molecule has 0 saturated heterocycles. The Kier molecular flexibility index (Phi) is 6.02. The maximum Gasteiger partial charge on any atom is 0.517 e. The van der Waals surface area contributed by atoms with E-state index < -0.39 is 0 Å². The fourth-order valence-corrected chi connectivity index (χ4v) is 6.84. The van der Waals surface area contributed by atoms with Crippen molar-refractivity contribution < 1.29 is 4.57 Å². The summed E-state index contributed by atoms with van der Waals surface area (Å²) in [5, 5.41) is -0.0677. The summed E-state index contributed by atoms with van der Waals surface area (Å²) in [5.74, 6) is 2.15. The van der Waals surface area contributed by atoms with Gasteiger partial charge in [0.15, 0.2) is 0 Å². The first kappa shape index (κ1) is 24.3. The molecule has 0 aliphatic carbocycles. The van der Waals surface area contributed by atoms with Crippen molar-refractivity contribution in [1.82, 2.24) is 15.0 Å². The van der Waals surface area contributed by atoms with Crippen LogP contribution in [-0.4, -0.2) is 21.9 Å². The van der Waals surface area contributed by atoms with Gasteiger partial charge in [0.2, 0.25) is 0 Å². The zero-order valence-electron chi connectivity index (χ0n) is 22.6. The molecule has 6 nitrogen and oxygen atoms in total. The Hall–Kier alpha value is -4.00. The zero-order valence-corrected chi connectivity index (χ0v) is 22.6. The summed E-state index contributed by atoms with van der Waals surface area (Å²) in [6.07, 6.45) is 15.5. The molecule has 7 heteroatoms. The Balaban J connectivity index is 1.46. The number of aromatic nitrogens is 4.